The second-order valence-electron chi connectivity index (χ2n) is 10.1. The van der Waals surface area contributed by atoms with Crippen molar-refractivity contribution >= 4 is 17.4 Å². The van der Waals surface area contributed by atoms with Gasteiger partial charge in [0, 0.05) is 23.3 Å². The first-order valence-electron chi connectivity index (χ1n) is 12.2. The Balaban J connectivity index is 2.12. The number of halogens is 3. The molecule has 0 bridgehead atoms. The van der Waals surface area contributed by atoms with Crippen LogP contribution in [0.1, 0.15) is 70.1 Å². The minimum Gasteiger partial charge on any atom is -0.491 e. The van der Waals surface area contributed by atoms with Crippen LogP contribution in [0.3, 0.4) is 0 Å². The van der Waals surface area contributed by atoms with Gasteiger partial charge in [-0.3, -0.25) is 3.96 Å². The minimum absolute atomic E-state index is 0.0594. The largest absolute Gasteiger partial charge is 0.491 e. The van der Waals surface area contributed by atoms with Crippen LogP contribution in [0, 0.1) is 11.5 Å². The average molecular weight is 522 g/mol. The van der Waals surface area contributed by atoms with Crippen LogP contribution in [0.15, 0.2) is 34.4 Å². The number of aromatic nitrogens is 1. The summed E-state index contributed by atoms with van der Waals surface area (Å²) in [5, 5.41) is 9.41. The molecular weight excluding hydrogens is 487 g/mol. The summed E-state index contributed by atoms with van der Waals surface area (Å²) in [6.45, 7) is 9.59. The number of aryl methyl sites for hydroxylation is 1. The first kappa shape index (κ1) is 27.9. The van der Waals surface area contributed by atoms with E-state index < -0.39 is 11.7 Å². The Labute approximate surface area is 214 Å². The van der Waals surface area contributed by atoms with Gasteiger partial charge in [0.15, 0.2) is 5.84 Å². The molecule has 10 heteroatoms. The molecule has 1 fully saturated rings. The van der Waals surface area contributed by atoms with E-state index in [0.717, 1.165) is 56.3 Å². The van der Waals surface area contributed by atoms with Crippen LogP contribution in [0.25, 0.3) is 0 Å². The lowest BCUT2D eigenvalue weighted by atomic mass is 10.1. The Morgan fingerprint density at radius 1 is 1.28 bits per heavy atom. The van der Waals surface area contributed by atoms with Crippen molar-refractivity contribution in [2.45, 2.75) is 77.6 Å². The number of amidine groups is 1. The summed E-state index contributed by atoms with van der Waals surface area (Å²) < 4.78 is 49.6. The number of nitriles is 1. The molecule has 2 aromatic rings. The molecule has 0 amide bonds. The monoisotopic (exact) mass is 521 g/mol. The maximum absolute atomic E-state index is 13.6. The average Bonchev–Trinajstić information content (AvgIpc) is 3.41. The zero-order chi connectivity index (χ0) is 26.5. The summed E-state index contributed by atoms with van der Waals surface area (Å²) in [6.07, 6.45) is 3.91. The number of likely N-dealkylation sites (N-methyl/N-ethyl adjacent to an activating group) is 1. The fraction of sp³-hybridized carbons (Fsp3) is 0.577. The summed E-state index contributed by atoms with van der Waals surface area (Å²) in [5.41, 5.74) is 0.00316. The molecule has 1 aromatic carbocycles. The molecule has 1 aliphatic heterocycles. The van der Waals surface area contributed by atoms with Crippen molar-refractivity contribution in [2.24, 2.45) is 9.98 Å². The van der Waals surface area contributed by atoms with Crippen molar-refractivity contribution in [1.29, 1.82) is 5.26 Å². The number of aliphatic imine (C=N–C) groups is 1. The summed E-state index contributed by atoms with van der Waals surface area (Å²) >= 11 is 1.41. The van der Waals surface area contributed by atoms with Gasteiger partial charge in [-0.1, -0.05) is 13.3 Å². The van der Waals surface area contributed by atoms with Gasteiger partial charge in [-0.15, -0.1) is 0 Å². The van der Waals surface area contributed by atoms with Gasteiger partial charge in [-0.25, -0.2) is 4.99 Å². The molecule has 0 N–H and O–H groups in total. The van der Waals surface area contributed by atoms with Crippen molar-refractivity contribution in [3.05, 3.63) is 45.8 Å². The summed E-state index contributed by atoms with van der Waals surface area (Å²) in [4.78, 5) is 10.7. The SMILES string of the molecule is CCCCc1cn(C(C)(C)C)sc1=NC(=NC#N)c1cc(C(F)(F)F)ccc1OC[C@@H]1CCCN1C. The first-order chi connectivity index (χ1) is 16.9. The second kappa shape index (κ2) is 11.6. The third-order valence-corrected chi connectivity index (χ3v) is 7.58. The number of hydrogen-bond donors (Lipinski definition) is 0. The molecule has 0 aliphatic carbocycles. The van der Waals surface area contributed by atoms with Crippen LogP contribution in [-0.2, 0) is 18.1 Å². The Morgan fingerprint density at radius 3 is 2.61 bits per heavy atom. The molecule has 3 rings (SSSR count). The van der Waals surface area contributed by atoms with Gasteiger partial charge in [0.1, 0.15) is 17.0 Å². The predicted octanol–water partition coefficient (Wildman–Crippen LogP) is 5.97. The minimum atomic E-state index is -4.55. The number of alkyl halides is 3. The maximum atomic E-state index is 13.6. The molecule has 1 aliphatic rings. The third kappa shape index (κ3) is 6.98. The number of ether oxygens (including phenoxy) is 1. The normalized spacial score (nSPS) is 18.0. The van der Waals surface area contributed by atoms with Crippen molar-refractivity contribution in [3.8, 4) is 11.9 Å². The molecule has 0 radical (unpaired) electrons. The highest BCUT2D eigenvalue weighted by Crippen LogP contribution is 2.33. The lowest BCUT2D eigenvalue weighted by molar-refractivity contribution is -0.137. The van der Waals surface area contributed by atoms with Crippen LogP contribution in [0.4, 0.5) is 13.2 Å². The predicted molar refractivity (Wildman–Crippen MR) is 136 cm³/mol. The molecule has 0 saturated carbocycles. The van der Waals surface area contributed by atoms with Gasteiger partial charge in [0.05, 0.1) is 11.1 Å². The van der Waals surface area contributed by atoms with Gasteiger partial charge in [0.2, 0.25) is 6.19 Å². The second-order valence-corrected chi connectivity index (χ2v) is 11.1. The number of unbranched alkanes of at least 4 members (excludes halogenated alkanes) is 1. The first-order valence-corrected chi connectivity index (χ1v) is 13.0. The van der Waals surface area contributed by atoms with Crippen molar-refractivity contribution in [2.75, 3.05) is 20.2 Å². The van der Waals surface area contributed by atoms with E-state index in [1.807, 2.05) is 13.2 Å². The highest BCUT2D eigenvalue weighted by Gasteiger charge is 2.32. The van der Waals surface area contributed by atoms with Gasteiger partial charge in [-0.2, -0.15) is 23.4 Å². The smallest absolute Gasteiger partial charge is 0.416 e. The quantitative estimate of drug-likeness (QED) is 0.256. The van der Waals surface area contributed by atoms with E-state index >= 15 is 0 Å². The van der Waals surface area contributed by atoms with Crippen LogP contribution in [0.2, 0.25) is 0 Å². The van der Waals surface area contributed by atoms with Gasteiger partial charge in [-0.05, 0) is 89.8 Å². The zero-order valence-corrected chi connectivity index (χ0v) is 22.3. The van der Waals surface area contributed by atoms with Gasteiger partial charge >= 0.3 is 6.18 Å². The van der Waals surface area contributed by atoms with E-state index in [1.54, 1.807) is 6.19 Å². The lowest BCUT2D eigenvalue weighted by Crippen LogP contribution is -2.30. The Morgan fingerprint density at radius 2 is 2.03 bits per heavy atom. The van der Waals surface area contributed by atoms with E-state index in [9.17, 15) is 18.4 Å². The maximum Gasteiger partial charge on any atom is 0.416 e. The van der Waals surface area contributed by atoms with E-state index in [-0.39, 0.29) is 28.7 Å². The summed E-state index contributed by atoms with van der Waals surface area (Å²) in [7, 11) is 2.01. The molecule has 0 spiro atoms. The van der Waals surface area contributed by atoms with E-state index in [2.05, 4.69) is 46.5 Å². The number of benzene rings is 1. The molecule has 1 aromatic heterocycles. The van der Waals surface area contributed by atoms with Crippen molar-refractivity contribution in [3.63, 3.8) is 0 Å². The molecule has 36 heavy (non-hydrogen) atoms. The van der Waals surface area contributed by atoms with Gasteiger partial charge < -0.3 is 9.64 Å². The van der Waals surface area contributed by atoms with Crippen molar-refractivity contribution in [1.82, 2.24) is 8.86 Å². The van der Waals surface area contributed by atoms with Crippen LogP contribution < -0.4 is 9.41 Å². The molecule has 2 heterocycles. The summed E-state index contributed by atoms with van der Waals surface area (Å²) in [6, 6.07) is 3.45. The van der Waals surface area contributed by atoms with E-state index in [4.69, 9.17) is 4.74 Å². The molecule has 1 saturated heterocycles. The molecular formula is C26H34F3N5OS. The van der Waals surface area contributed by atoms with Crippen LogP contribution >= 0.6 is 11.5 Å². The highest BCUT2D eigenvalue weighted by molar-refractivity contribution is 7.04. The van der Waals surface area contributed by atoms with Gasteiger partial charge in [0.25, 0.3) is 0 Å². The molecule has 0 unspecified atom stereocenters. The number of nitrogens with zero attached hydrogens (tertiary/aromatic N) is 5. The summed E-state index contributed by atoms with van der Waals surface area (Å²) in [5.74, 6) is 0.149. The van der Waals surface area contributed by atoms with Crippen LogP contribution in [-0.4, -0.2) is 40.9 Å². The fourth-order valence-corrected chi connectivity index (χ4v) is 5.05. The lowest BCUT2D eigenvalue weighted by Gasteiger charge is -2.21. The number of hydrogen-bond acceptors (Lipinski definition) is 5. The zero-order valence-electron chi connectivity index (χ0n) is 21.5. The van der Waals surface area contributed by atoms with Crippen molar-refractivity contribution < 1.29 is 17.9 Å². The standard InChI is InChI=1S/C26H34F3N5OS/c1-6-7-9-18-15-34(25(2,3)4)36-24(18)32-23(31-17-30)21-14-19(26(27,28)29)11-12-22(21)35-16-20-10-8-13-33(20)5/h11-12,14-15,20H,6-10,13,16H2,1-5H3/t20-/m0/s1. The Kier molecular flexibility index (Phi) is 9.01. The highest BCUT2D eigenvalue weighted by atomic mass is 32.1. The number of rotatable bonds is 7. The topological polar surface area (TPSA) is 65.9 Å². The fourth-order valence-electron chi connectivity index (χ4n) is 4.01. The number of likely N-dealkylation sites (tertiary alicyclic amines) is 1. The van der Waals surface area contributed by atoms with E-state index in [0.29, 0.717) is 11.3 Å². The van der Waals surface area contributed by atoms with Crippen LogP contribution in [0.5, 0.6) is 5.75 Å². The Bertz CT molecular complexity index is 1180. The molecule has 1 atom stereocenters. The Hall–Kier alpha value is -2.64. The third-order valence-electron chi connectivity index (χ3n) is 6.21. The molecule has 6 nitrogen and oxygen atoms in total. The molecule has 196 valence electrons. The van der Waals surface area contributed by atoms with E-state index in [1.165, 1.54) is 17.6 Å².